The van der Waals surface area contributed by atoms with Crippen LogP contribution in [0, 0.1) is 12.1 Å². The van der Waals surface area contributed by atoms with Gasteiger partial charge >= 0.3 is 10.1 Å². The van der Waals surface area contributed by atoms with E-state index in [4.69, 9.17) is 0 Å². The maximum atomic E-state index is 11.7. The first kappa shape index (κ1) is 15.2. The first-order valence-corrected chi connectivity index (χ1v) is 7.25. The third-order valence-electron chi connectivity index (χ3n) is 2.48. The molecular formula is C11H17N3O4S. The van der Waals surface area contributed by atoms with Crippen LogP contribution in [-0.2, 0) is 14.4 Å². The number of benzene rings is 1. The van der Waals surface area contributed by atoms with Crippen LogP contribution in [0.2, 0.25) is 0 Å². The molecule has 1 aromatic carbocycles. The monoisotopic (exact) mass is 287 g/mol. The second-order valence-electron chi connectivity index (χ2n) is 3.82. The number of hydrazine groups is 1. The van der Waals surface area contributed by atoms with Crippen LogP contribution in [0.4, 0.5) is 0 Å². The zero-order valence-electron chi connectivity index (χ0n) is 11.1. The lowest BCUT2D eigenvalue weighted by atomic mass is 10.2. The number of nitrogens with zero attached hydrogens (tertiary/aromatic N) is 3. The van der Waals surface area contributed by atoms with Gasteiger partial charge in [0, 0.05) is 0 Å². The van der Waals surface area contributed by atoms with Crippen LogP contribution in [0.5, 0.6) is 0 Å². The lowest BCUT2D eigenvalue weighted by Gasteiger charge is -2.13. The molecule has 106 valence electrons. The number of hydrogen-bond acceptors (Lipinski definition) is 5. The predicted molar refractivity (Wildman–Crippen MR) is 68.4 cm³/mol. The fourth-order valence-electron chi connectivity index (χ4n) is 1.34. The number of hydrogen-bond donors (Lipinski definition) is 0. The van der Waals surface area contributed by atoms with Crippen molar-refractivity contribution < 1.29 is 17.7 Å². The van der Waals surface area contributed by atoms with Gasteiger partial charge in [-0.3, -0.25) is 0 Å². The fraction of sp³-hybridized carbons (Fsp3) is 0.455. The molecule has 0 atom stereocenters. The Morgan fingerprint density at radius 3 is 2.26 bits per heavy atom. The predicted octanol–water partition coefficient (Wildman–Crippen LogP) is 1.83. The molecule has 0 radical (unpaired) electrons. The Morgan fingerprint density at radius 1 is 1.26 bits per heavy atom. The molecule has 7 nitrogen and oxygen atoms in total. The molecule has 19 heavy (non-hydrogen) atoms. The normalized spacial score (nSPS) is 12.3. The van der Waals surface area contributed by atoms with E-state index in [9.17, 15) is 13.6 Å². The van der Waals surface area contributed by atoms with E-state index in [2.05, 4.69) is 9.56 Å². The van der Waals surface area contributed by atoms with Gasteiger partial charge in [0.2, 0.25) is 0 Å². The molecule has 0 amide bonds. The molecule has 8 heteroatoms. The molecular weight excluding hydrogens is 270 g/mol. The summed E-state index contributed by atoms with van der Waals surface area (Å²) in [6.07, 6.45) is 0. The van der Waals surface area contributed by atoms with Gasteiger partial charge in [-0.1, -0.05) is 17.7 Å². The van der Waals surface area contributed by atoms with Crippen molar-refractivity contribution >= 4 is 10.1 Å². The molecule has 0 unspecified atom stereocenters. The summed E-state index contributed by atoms with van der Waals surface area (Å²) in [7, 11) is -4.06. The highest BCUT2D eigenvalue weighted by Crippen LogP contribution is 2.13. The van der Waals surface area contributed by atoms with Crippen LogP contribution in [0.3, 0.4) is 0 Å². The van der Waals surface area contributed by atoms with Crippen molar-refractivity contribution in [3.05, 3.63) is 35.0 Å². The lowest BCUT2D eigenvalue weighted by Crippen LogP contribution is -2.30. The van der Waals surface area contributed by atoms with Gasteiger partial charge in [-0.25, -0.2) is 4.28 Å². The van der Waals surface area contributed by atoms with E-state index in [1.807, 2.05) is 6.92 Å². The second kappa shape index (κ2) is 6.37. The number of rotatable bonds is 6. The molecule has 0 aliphatic heterocycles. The quantitative estimate of drug-likeness (QED) is 0.452. The van der Waals surface area contributed by atoms with E-state index in [0.717, 1.165) is 5.56 Å². The fourth-order valence-corrected chi connectivity index (χ4v) is 2.04. The molecule has 0 heterocycles. The molecule has 1 aromatic rings. The minimum Gasteiger partial charge on any atom is -0.569 e. The largest absolute Gasteiger partial charge is 0.569 e. The van der Waals surface area contributed by atoms with Gasteiger partial charge in [0.05, 0.1) is 18.1 Å². The van der Waals surface area contributed by atoms with E-state index >= 15 is 0 Å². The van der Waals surface area contributed by atoms with Crippen LogP contribution in [0.15, 0.2) is 34.4 Å². The van der Waals surface area contributed by atoms with E-state index in [-0.39, 0.29) is 9.87 Å². The van der Waals surface area contributed by atoms with E-state index in [1.165, 1.54) is 17.1 Å². The summed E-state index contributed by atoms with van der Waals surface area (Å²) in [5.41, 5.74) is 0.921. The smallest absolute Gasteiger partial charge is 0.363 e. The molecule has 1 rings (SSSR count). The second-order valence-corrected chi connectivity index (χ2v) is 5.34. The van der Waals surface area contributed by atoms with Crippen molar-refractivity contribution in [3.63, 3.8) is 0 Å². The van der Waals surface area contributed by atoms with Gasteiger partial charge in [-0.2, -0.15) is 8.42 Å². The SMILES string of the molecule is CCN(CC)/[N+]([O-])=N/OS(=O)(=O)c1ccc(C)cc1. The van der Waals surface area contributed by atoms with Gasteiger partial charge in [0.15, 0.2) is 0 Å². The summed E-state index contributed by atoms with van der Waals surface area (Å²) in [4.78, 5) is 0.0842. The van der Waals surface area contributed by atoms with Gasteiger partial charge in [0.1, 0.15) is 4.90 Å². The van der Waals surface area contributed by atoms with E-state index in [1.54, 1.807) is 26.0 Å². The Labute approximate surface area is 112 Å². The van der Waals surface area contributed by atoms with Crippen LogP contribution >= 0.6 is 0 Å². The molecule has 0 aliphatic carbocycles. The van der Waals surface area contributed by atoms with Crippen LogP contribution in [0.1, 0.15) is 19.4 Å². The van der Waals surface area contributed by atoms with Crippen molar-refractivity contribution in [1.29, 1.82) is 0 Å². The Hall–Kier alpha value is -1.83. The first-order chi connectivity index (χ1) is 8.90. The Morgan fingerprint density at radius 2 is 1.79 bits per heavy atom. The van der Waals surface area contributed by atoms with Gasteiger partial charge in [0.25, 0.3) is 5.28 Å². The number of aryl methyl sites for hydroxylation is 1. The van der Waals surface area contributed by atoms with Crippen molar-refractivity contribution in [2.75, 3.05) is 13.1 Å². The molecule has 0 N–H and O–H groups in total. The van der Waals surface area contributed by atoms with E-state index < -0.39 is 10.1 Å². The molecule has 0 bridgehead atoms. The van der Waals surface area contributed by atoms with E-state index in [0.29, 0.717) is 13.1 Å². The summed E-state index contributed by atoms with van der Waals surface area (Å²) >= 11 is 0. The highest BCUT2D eigenvalue weighted by atomic mass is 32.2. The van der Waals surface area contributed by atoms with Crippen LogP contribution in [-0.4, -0.2) is 31.5 Å². The minimum atomic E-state index is -4.06. The molecule has 0 saturated carbocycles. The maximum Gasteiger partial charge on any atom is 0.363 e. The Bertz CT molecular complexity index is 536. The minimum absolute atomic E-state index is 0.0465. The van der Waals surface area contributed by atoms with Gasteiger partial charge in [-0.05, 0) is 32.9 Å². The van der Waals surface area contributed by atoms with Gasteiger partial charge in [-0.15, -0.1) is 5.01 Å². The lowest BCUT2D eigenvalue weighted by molar-refractivity contribution is -0.706. The van der Waals surface area contributed by atoms with Gasteiger partial charge < -0.3 is 5.21 Å². The standard InChI is InChI=1S/C11H17N3O4S/c1-4-13(5-2)14(15)12-18-19(16,17)11-8-6-10(3)7-9-11/h6-9H,4-5H2,1-3H3/b14-12-. The van der Waals surface area contributed by atoms with Crippen molar-refractivity contribution in [2.24, 2.45) is 5.28 Å². The average molecular weight is 287 g/mol. The maximum absolute atomic E-state index is 11.7. The molecule has 0 saturated heterocycles. The summed E-state index contributed by atoms with van der Waals surface area (Å²) in [5, 5.41) is 15.7. The molecule has 0 fully saturated rings. The summed E-state index contributed by atoms with van der Waals surface area (Å²) in [6, 6.07) is 6.06. The topological polar surface area (TPSA) is 85.0 Å². The third kappa shape index (κ3) is 4.09. The van der Waals surface area contributed by atoms with Crippen LogP contribution < -0.4 is 0 Å². The highest BCUT2D eigenvalue weighted by molar-refractivity contribution is 7.86. The summed E-state index contributed by atoms with van der Waals surface area (Å²) in [5.74, 6) is 0. The Kier molecular flexibility index (Phi) is 5.11. The third-order valence-corrected chi connectivity index (χ3v) is 3.60. The first-order valence-electron chi connectivity index (χ1n) is 5.84. The van der Waals surface area contributed by atoms with Crippen molar-refractivity contribution in [1.82, 2.24) is 5.01 Å². The van der Waals surface area contributed by atoms with Crippen molar-refractivity contribution in [3.8, 4) is 0 Å². The molecule has 0 aromatic heterocycles. The zero-order chi connectivity index (χ0) is 14.5. The molecule has 0 aliphatic rings. The van der Waals surface area contributed by atoms with Crippen LogP contribution in [0.25, 0.3) is 0 Å². The zero-order valence-corrected chi connectivity index (χ0v) is 11.9. The Balaban J connectivity index is 2.86. The summed E-state index contributed by atoms with van der Waals surface area (Å²) in [6.45, 7) is 6.13. The summed E-state index contributed by atoms with van der Waals surface area (Å²) < 4.78 is 27.9. The molecule has 0 spiro atoms. The highest BCUT2D eigenvalue weighted by Gasteiger charge is 2.18. The average Bonchev–Trinajstić information content (AvgIpc) is 2.38. The van der Waals surface area contributed by atoms with Crippen molar-refractivity contribution in [2.45, 2.75) is 25.7 Å².